The first kappa shape index (κ1) is 3.67. The van der Waals surface area contributed by atoms with Gasteiger partial charge >= 0.3 is 0 Å². The minimum atomic E-state index is -0.0926. The van der Waals surface area contributed by atoms with E-state index in [9.17, 15) is 0 Å². The standard InChI is InChI=1S/C6H8O/c7-6-2-1-4-3-5(4)6/h1-2,4-7H,3H2/t4-,5+,6-/m1/s1. The Morgan fingerprint density at radius 2 is 2.29 bits per heavy atom. The number of hydrogen-bond donors (Lipinski definition) is 1. The van der Waals surface area contributed by atoms with Gasteiger partial charge in [-0.25, -0.2) is 0 Å². The summed E-state index contributed by atoms with van der Waals surface area (Å²) in [5, 5.41) is 8.95. The molecule has 2 aliphatic rings. The monoisotopic (exact) mass is 96.1 g/mol. The molecular formula is C6H8O. The van der Waals surface area contributed by atoms with Gasteiger partial charge in [0.2, 0.25) is 0 Å². The molecule has 7 heavy (non-hydrogen) atoms. The van der Waals surface area contributed by atoms with Crippen LogP contribution in [0.3, 0.4) is 0 Å². The summed E-state index contributed by atoms with van der Waals surface area (Å²) in [5.41, 5.74) is 0. The lowest BCUT2D eigenvalue weighted by Gasteiger charge is -1.93. The number of rotatable bonds is 0. The van der Waals surface area contributed by atoms with Crippen LogP contribution in [-0.2, 0) is 0 Å². The van der Waals surface area contributed by atoms with Crippen LogP contribution in [0.5, 0.6) is 0 Å². The van der Waals surface area contributed by atoms with Crippen molar-refractivity contribution in [2.24, 2.45) is 11.8 Å². The van der Waals surface area contributed by atoms with Gasteiger partial charge in [0.05, 0.1) is 6.10 Å². The zero-order valence-corrected chi connectivity index (χ0v) is 4.04. The molecule has 38 valence electrons. The molecular weight excluding hydrogens is 88.1 g/mol. The molecule has 0 amide bonds. The van der Waals surface area contributed by atoms with Crippen LogP contribution in [0.2, 0.25) is 0 Å². The molecule has 1 heteroatoms. The fourth-order valence-electron chi connectivity index (χ4n) is 1.25. The minimum absolute atomic E-state index is 0.0926. The van der Waals surface area contributed by atoms with Crippen LogP contribution in [0.15, 0.2) is 12.2 Å². The van der Waals surface area contributed by atoms with Gasteiger partial charge in [0.25, 0.3) is 0 Å². The summed E-state index contributed by atoms with van der Waals surface area (Å²) >= 11 is 0. The van der Waals surface area contributed by atoms with Crippen LogP contribution in [0.4, 0.5) is 0 Å². The van der Waals surface area contributed by atoms with E-state index in [4.69, 9.17) is 5.11 Å². The van der Waals surface area contributed by atoms with Crippen molar-refractivity contribution in [1.82, 2.24) is 0 Å². The van der Waals surface area contributed by atoms with Crippen molar-refractivity contribution >= 4 is 0 Å². The number of aliphatic hydroxyl groups is 1. The molecule has 2 aliphatic carbocycles. The van der Waals surface area contributed by atoms with Gasteiger partial charge in [-0.3, -0.25) is 0 Å². The van der Waals surface area contributed by atoms with E-state index in [-0.39, 0.29) is 6.10 Å². The van der Waals surface area contributed by atoms with Crippen LogP contribution in [0.25, 0.3) is 0 Å². The zero-order valence-electron chi connectivity index (χ0n) is 4.04. The second kappa shape index (κ2) is 0.920. The molecule has 0 aliphatic heterocycles. The summed E-state index contributed by atoms with van der Waals surface area (Å²) in [7, 11) is 0. The summed E-state index contributed by atoms with van der Waals surface area (Å²) in [6, 6.07) is 0. The Labute approximate surface area is 42.7 Å². The molecule has 0 spiro atoms. The first-order chi connectivity index (χ1) is 3.38. The van der Waals surface area contributed by atoms with Gasteiger partial charge in [-0.15, -0.1) is 0 Å². The van der Waals surface area contributed by atoms with Crippen molar-refractivity contribution in [3.8, 4) is 0 Å². The SMILES string of the molecule is O[C@@H]1C=C[C@@H]2C[C@H]12. The van der Waals surface area contributed by atoms with Crippen LogP contribution in [0, 0.1) is 11.8 Å². The third kappa shape index (κ3) is 0.361. The highest BCUT2D eigenvalue weighted by molar-refractivity contribution is 5.16. The lowest BCUT2D eigenvalue weighted by atomic mass is 10.3. The topological polar surface area (TPSA) is 20.2 Å². The summed E-state index contributed by atoms with van der Waals surface area (Å²) in [6.07, 6.45) is 5.16. The van der Waals surface area contributed by atoms with Crippen LogP contribution < -0.4 is 0 Å². The minimum Gasteiger partial charge on any atom is -0.389 e. The third-order valence-corrected chi connectivity index (χ3v) is 1.89. The average molecular weight is 96.1 g/mol. The largest absolute Gasteiger partial charge is 0.389 e. The number of aliphatic hydroxyl groups excluding tert-OH is 1. The highest BCUT2D eigenvalue weighted by Crippen LogP contribution is 2.46. The van der Waals surface area contributed by atoms with Crippen molar-refractivity contribution in [2.45, 2.75) is 12.5 Å². The zero-order chi connectivity index (χ0) is 4.85. The van der Waals surface area contributed by atoms with E-state index in [0.717, 1.165) is 5.92 Å². The van der Waals surface area contributed by atoms with Crippen molar-refractivity contribution in [2.75, 3.05) is 0 Å². The first-order valence-electron chi connectivity index (χ1n) is 2.74. The Kier molecular flexibility index (Phi) is 0.482. The molecule has 3 atom stereocenters. The van der Waals surface area contributed by atoms with Gasteiger partial charge in [0.15, 0.2) is 0 Å². The van der Waals surface area contributed by atoms with Gasteiger partial charge in [-0.1, -0.05) is 12.2 Å². The van der Waals surface area contributed by atoms with E-state index < -0.39 is 0 Å². The molecule has 0 bridgehead atoms. The molecule has 1 nitrogen and oxygen atoms in total. The fraction of sp³-hybridized carbons (Fsp3) is 0.667. The Balaban J connectivity index is 2.22. The number of hydrogen-bond acceptors (Lipinski definition) is 1. The Morgan fingerprint density at radius 1 is 1.43 bits per heavy atom. The maximum absolute atomic E-state index is 8.95. The molecule has 1 N–H and O–H groups in total. The lowest BCUT2D eigenvalue weighted by molar-refractivity contribution is 0.203. The maximum atomic E-state index is 8.95. The summed E-state index contributed by atoms with van der Waals surface area (Å²) in [6.45, 7) is 0. The molecule has 2 rings (SSSR count). The van der Waals surface area contributed by atoms with Crippen molar-refractivity contribution in [3.05, 3.63) is 12.2 Å². The van der Waals surface area contributed by atoms with E-state index >= 15 is 0 Å². The van der Waals surface area contributed by atoms with Gasteiger partial charge in [0, 0.05) is 0 Å². The van der Waals surface area contributed by atoms with Gasteiger partial charge in [0.1, 0.15) is 0 Å². The first-order valence-corrected chi connectivity index (χ1v) is 2.74. The molecule has 1 saturated carbocycles. The molecule has 0 radical (unpaired) electrons. The fourth-order valence-corrected chi connectivity index (χ4v) is 1.25. The highest BCUT2D eigenvalue weighted by atomic mass is 16.3. The van der Waals surface area contributed by atoms with Crippen LogP contribution >= 0.6 is 0 Å². The highest BCUT2D eigenvalue weighted by Gasteiger charge is 2.43. The number of allylic oxidation sites excluding steroid dienone is 1. The van der Waals surface area contributed by atoms with Gasteiger partial charge in [-0.2, -0.15) is 0 Å². The summed E-state index contributed by atoms with van der Waals surface area (Å²) in [5.74, 6) is 1.38. The molecule has 0 aromatic carbocycles. The second-order valence-corrected chi connectivity index (χ2v) is 2.44. The molecule has 0 aromatic heterocycles. The van der Waals surface area contributed by atoms with Crippen LogP contribution in [0.1, 0.15) is 6.42 Å². The molecule has 1 fully saturated rings. The van der Waals surface area contributed by atoms with Gasteiger partial charge in [-0.05, 0) is 18.3 Å². The van der Waals surface area contributed by atoms with E-state index in [1.807, 2.05) is 6.08 Å². The predicted molar refractivity (Wildman–Crippen MR) is 26.7 cm³/mol. The normalized spacial score (nSPS) is 54.7. The molecule has 0 saturated heterocycles. The predicted octanol–water partition coefficient (Wildman–Crippen LogP) is 0.553. The van der Waals surface area contributed by atoms with E-state index in [1.165, 1.54) is 6.42 Å². The Morgan fingerprint density at radius 3 is 2.43 bits per heavy atom. The second-order valence-electron chi connectivity index (χ2n) is 2.44. The molecule has 0 aromatic rings. The van der Waals surface area contributed by atoms with E-state index in [0.29, 0.717) is 5.92 Å². The molecule has 0 heterocycles. The number of fused-ring (bicyclic) bond motifs is 1. The average Bonchev–Trinajstić information content (AvgIpc) is 2.33. The van der Waals surface area contributed by atoms with Crippen molar-refractivity contribution in [3.63, 3.8) is 0 Å². The summed E-state index contributed by atoms with van der Waals surface area (Å²) in [4.78, 5) is 0. The van der Waals surface area contributed by atoms with E-state index in [2.05, 4.69) is 6.08 Å². The summed E-state index contributed by atoms with van der Waals surface area (Å²) < 4.78 is 0. The van der Waals surface area contributed by atoms with Crippen LogP contribution in [-0.4, -0.2) is 11.2 Å². The maximum Gasteiger partial charge on any atom is 0.0755 e. The van der Waals surface area contributed by atoms with Crippen molar-refractivity contribution < 1.29 is 5.11 Å². The lowest BCUT2D eigenvalue weighted by Crippen LogP contribution is -2.00. The quantitative estimate of drug-likeness (QED) is 0.437. The molecule has 0 unspecified atom stereocenters. The Hall–Kier alpha value is -0.300. The van der Waals surface area contributed by atoms with E-state index in [1.54, 1.807) is 0 Å². The smallest absolute Gasteiger partial charge is 0.0755 e. The Bertz CT molecular complexity index is 117. The third-order valence-electron chi connectivity index (χ3n) is 1.89. The van der Waals surface area contributed by atoms with Crippen molar-refractivity contribution in [1.29, 1.82) is 0 Å². The van der Waals surface area contributed by atoms with Gasteiger partial charge < -0.3 is 5.11 Å².